The van der Waals surface area contributed by atoms with E-state index in [-0.39, 0.29) is 35.0 Å². The molecule has 0 unspecified atom stereocenters. The summed E-state index contributed by atoms with van der Waals surface area (Å²) in [6.45, 7) is 1.03. The number of ether oxygens (including phenoxy) is 2. The van der Waals surface area contributed by atoms with Gasteiger partial charge in [0.05, 0.1) is 24.8 Å². The molecule has 1 atom stereocenters. The maximum atomic E-state index is 13.1. The molecule has 0 aliphatic carbocycles. The number of piperidine rings is 1. The summed E-state index contributed by atoms with van der Waals surface area (Å²) in [5.41, 5.74) is 0.655. The topological polar surface area (TPSA) is 110 Å². The number of hydrogen-bond acceptors (Lipinski definition) is 8. The van der Waals surface area contributed by atoms with Crippen LogP contribution in [0.25, 0.3) is 10.6 Å². The number of nitrogens with zero attached hydrogens (tertiary/aromatic N) is 4. The van der Waals surface area contributed by atoms with Crippen molar-refractivity contribution in [1.82, 2.24) is 24.8 Å². The fraction of sp³-hybridized carbons (Fsp3) is 0.350. The molecule has 10 heteroatoms. The zero-order valence-corrected chi connectivity index (χ0v) is 17.4. The summed E-state index contributed by atoms with van der Waals surface area (Å²) in [7, 11) is 2.90. The number of carbonyl (C=O) groups excluding carboxylic acids is 1. The lowest BCUT2D eigenvalue weighted by Gasteiger charge is -2.32. The van der Waals surface area contributed by atoms with Gasteiger partial charge in [-0.1, -0.05) is 6.07 Å². The molecule has 1 aliphatic rings. The molecule has 3 aromatic heterocycles. The Bertz CT molecular complexity index is 1080. The number of aromatic nitrogens is 4. The number of H-pyrrole nitrogens is 1. The molecule has 1 fully saturated rings. The minimum Gasteiger partial charge on any atom is -0.481 e. The molecule has 0 aromatic carbocycles. The Morgan fingerprint density at radius 2 is 2.10 bits per heavy atom. The van der Waals surface area contributed by atoms with Crippen LogP contribution in [-0.4, -0.2) is 58.1 Å². The highest BCUT2D eigenvalue weighted by atomic mass is 32.1. The van der Waals surface area contributed by atoms with E-state index in [1.807, 2.05) is 17.5 Å². The normalized spacial score (nSPS) is 16.3. The zero-order chi connectivity index (χ0) is 21.1. The van der Waals surface area contributed by atoms with Gasteiger partial charge in [-0.05, 0) is 24.3 Å². The van der Waals surface area contributed by atoms with Crippen molar-refractivity contribution < 1.29 is 14.3 Å². The first-order valence-corrected chi connectivity index (χ1v) is 10.4. The van der Waals surface area contributed by atoms with Crippen molar-refractivity contribution >= 4 is 17.2 Å². The highest BCUT2D eigenvalue weighted by Gasteiger charge is 2.28. The van der Waals surface area contributed by atoms with E-state index in [1.165, 1.54) is 37.7 Å². The lowest BCUT2D eigenvalue weighted by atomic mass is 9.96. The molecule has 0 bridgehead atoms. The lowest BCUT2D eigenvalue weighted by molar-refractivity contribution is 0.0696. The molecule has 1 saturated heterocycles. The minimum absolute atomic E-state index is 0.0686. The van der Waals surface area contributed by atoms with Crippen molar-refractivity contribution in [3.05, 3.63) is 51.5 Å². The molecule has 0 radical (unpaired) electrons. The first-order chi connectivity index (χ1) is 14.6. The maximum absolute atomic E-state index is 13.1. The Morgan fingerprint density at radius 1 is 1.23 bits per heavy atom. The van der Waals surface area contributed by atoms with Crippen molar-refractivity contribution in [3.8, 4) is 22.5 Å². The highest BCUT2D eigenvalue weighted by Crippen LogP contribution is 2.28. The third kappa shape index (κ3) is 4.18. The summed E-state index contributed by atoms with van der Waals surface area (Å²) in [4.78, 5) is 43.6. The monoisotopic (exact) mass is 427 g/mol. The van der Waals surface area contributed by atoms with E-state index in [9.17, 15) is 9.59 Å². The Labute approximate surface area is 176 Å². The van der Waals surface area contributed by atoms with Crippen molar-refractivity contribution in [3.63, 3.8) is 0 Å². The smallest absolute Gasteiger partial charge is 0.320 e. The van der Waals surface area contributed by atoms with E-state index in [0.717, 1.165) is 17.7 Å². The van der Waals surface area contributed by atoms with Crippen molar-refractivity contribution in [2.45, 2.75) is 18.8 Å². The van der Waals surface area contributed by atoms with Gasteiger partial charge >= 0.3 is 6.01 Å². The maximum Gasteiger partial charge on any atom is 0.320 e. The Kier molecular flexibility index (Phi) is 5.75. The van der Waals surface area contributed by atoms with E-state index in [0.29, 0.717) is 24.6 Å². The van der Waals surface area contributed by atoms with Gasteiger partial charge < -0.3 is 19.4 Å². The van der Waals surface area contributed by atoms with Gasteiger partial charge in [-0.15, -0.1) is 11.3 Å². The summed E-state index contributed by atoms with van der Waals surface area (Å²) < 4.78 is 10.2. The number of thiophene rings is 1. The van der Waals surface area contributed by atoms with Crippen LogP contribution in [-0.2, 0) is 0 Å². The van der Waals surface area contributed by atoms with Crippen LogP contribution in [0.4, 0.5) is 0 Å². The fourth-order valence-electron chi connectivity index (χ4n) is 3.48. The van der Waals surface area contributed by atoms with Crippen LogP contribution >= 0.6 is 11.3 Å². The molecular weight excluding hydrogens is 406 g/mol. The molecule has 0 spiro atoms. The number of aromatic amines is 1. The lowest BCUT2D eigenvalue weighted by Crippen LogP contribution is -2.40. The zero-order valence-electron chi connectivity index (χ0n) is 16.6. The van der Waals surface area contributed by atoms with Crippen LogP contribution in [0.3, 0.4) is 0 Å². The van der Waals surface area contributed by atoms with E-state index in [2.05, 4.69) is 19.9 Å². The third-order valence-electron chi connectivity index (χ3n) is 4.92. The minimum atomic E-state index is -0.240. The average Bonchev–Trinajstić information content (AvgIpc) is 3.33. The van der Waals surface area contributed by atoms with Gasteiger partial charge in [0.1, 0.15) is 11.5 Å². The predicted octanol–water partition coefficient (Wildman–Crippen LogP) is 2.33. The van der Waals surface area contributed by atoms with Crippen molar-refractivity contribution in [2.24, 2.45) is 0 Å². The molecule has 1 amide bonds. The molecular formula is C20H21N5O4S. The molecule has 3 aromatic rings. The summed E-state index contributed by atoms with van der Waals surface area (Å²) >= 11 is 1.53. The number of likely N-dealkylation sites (tertiary alicyclic amines) is 1. The number of rotatable bonds is 5. The van der Waals surface area contributed by atoms with E-state index >= 15 is 0 Å². The van der Waals surface area contributed by atoms with Crippen LogP contribution in [0.1, 0.15) is 35.1 Å². The van der Waals surface area contributed by atoms with Gasteiger partial charge in [-0.3, -0.25) is 9.59 Å². The number of hydrogen-bond donors (Lipinski definition) is 1. The van der Waals surface area contributed by atoms with Gasteiger partial charge in [0.15, 0.2) is 0 Å². The number of amides is 1. The quantitative estimate of drug-likeness (QED) is 0.665. The molecule has 1 aliphatic heterocycles. The number of carbonyl (C=O) groups is 1. The fourth-order valence-corrected chi connectivity index (χ4v) is 4.16. The Balaban J connectivity index is 1.58. The van der Waals surface area contributed by atoms with Crippen molar-refractivity contribution in [1.29, 1.82) is 0 Å². The Hall–Kier alpha value is -3.27. The number of methoxy groups -OCH3 is 2. The first kappa shape index (κ1) is 20.0. The molecule has 9 nitrogen and oxygen atoms in total. The van der Waals surface area contributed by atoms with E-state index in [4.69, 9.17) is 9.47 Å². The summed E-state index contributed by atoms with van der Waals surface area (Å²) in [5.74, 6) is 0.547. The van der Waals surface area contributed by atoms with Crippen LogP contribution in [0.5, 0.6) is 11.9 Å². The Morgan fingerprint density at radius 3 is 2.83 bits per heavy atom. The van der Waals surface area contributed by atoms with Crippen LogP contribution in [0.15, 0.2) is 34.4 Å². The second-order valence-corrected chi connectivity index (χ2v) is 7.81. The van der Waals surface area contributed by atoms with Crippen LogP contribution in [0.2, 0.25) is 0 Å². The second-order valence-electron chi connectivity index (χ2n) is 6.87. The van der Waals surface area contributed by atoms with E-state index < -0.39 is 0 Å². The van der Waals surface area contributed by atoms with Gasteiger partial charge in [-0.2, -0.15) is 9.97 Å². The SMILES string of the molecule is COc1cc(C(=O)N2CCC[C@H](c3nc(-c4cccs4)cc(=O)[nH]3)C2)nc(OC)n1. The van der Waals surface area contributed by atoms with Crippen molar-refractivity contribution in [2.75, 3.05) is 27.3 Å². The average molecular weight is 427 g/mol. The van der Waals surface area contributed by atoms with Crippen LogP contribution in [0, 0.1) is 0 Å². The van der Waals surface area contributed by atoms with Gasteiger partial charge in [-0.25, -0.2) is 4.98 Å². The molecule has 156 valence electrons. The van der Waals surface area contributed by atoms with Gasteiger partial charge in [0.25, 0.3) is 11.5 Å². The molecule has 0 saturated carbocycles. The van der Waals surface area contributed by atoms with Gasteiger partial charge in [0.2, 0.25) is 5.88 Å². The van der Waals surface area contributed by atoms with E-state index in [1.54, 1.807) is 4.90 Å². The standard InChI is InChI=1S/C20H21N5O4S/c1-28-17-10-14(22-20(24-17)29-2)19(27)25-7-3-5-12(11-25)18-21-13(9-16(26)23-18)15-6-4-8-30-15/h4,6,8-10,12H,3,5,7,11H2,1-2H3,(H,21,23,26)/t12-/m0/s1. The summed E-state index contributed by atoms with van der Waals surface area (Å²) in [5, 5.41) is 1.95. The third-order valence-corrected chi connectivity index (χ3v) is 5.81. The molecule has 1 N–H and O–H groups in total. The highest BCUT2D eigenvalue weighted by molar-refractivity contribution is 7.13. The second kappa shape index (κ2) is 8.62. The van der Waals surface area contributed by atoms with Gasteiger partial charge in [0, 0.05) is 31.1 Å². The largest absolute Gasteiger partial charge is 0.481 e. The van der Waals surface area contributed by atoms with Crippen LogP contribution < -0.4 is 15.0 Å². The molecule has 4 rings (SSSR count). The first-order valence-electron chi connectivity index (χ1n) is 9.49. The molecule has 4 heterocycles. The summed E-state index contributed by atoms with van der Waals surface area (Å²) in [6, 6.07) is 6.92. The number of nitrogens with one attached hydrogen (secondary N) is 1. The summed E-state index contributed by atoms with van der Waals surface area (Å²) in [6.07, 6.45) is 1.62. The molecule has 30 heavy (non-hydrogen) atoms. The predicted molar refractivity (Wildman–Crippen MR) is 111 cm³/mol.